The van der Waals surface area contributed by atoms with Crippen molar-refractivity contribution in [3.63, 3.8) is 0 Å². The lowest BCUT2D eigenvalue weighted by Gasteiger charge is -2.28. The number of nitrogens with zero attached hydrogens (tertiary/aromatic N) is 4. The Bertz CT molecular complexity index is 609. The Balaban J connectivity index is 2.39. The van der Waals surface area contributed by atoms with Crippen molar-refractivity contribution in [2.75, 3.05) is 26.2 Å². The van der Waals surface area contributed by atoms with Gasteiger partial charge in [0.05, 0.1) is 11.4 Å². The number of rotatable bonds is 3. The van der Waals surface area contributed by atoms with Crippen molar-refractivity contribution in [2.45, 2.75) is 45.1 Å². The fraction of sp³-hybridized carbons (Fsp3) is 0.786. The predicted octanol–water partition coefficient (Wildman–Crippen LogP) is 1.14. The third-order valence-electron chi connectivity index (χ3n) is 4.32. The summed E-state index contributed by atoms with van der Waals surface area (Å²) >= 11 is 0. The van der Waals surface area contributed by atoms with Crippen LogP contribution in [0.5, 0.6) is 0 Å². The van der Waals surface area contributed by atoms with E-state index in [1.54, 1.807) is 23.0 Å². The van der Waals surface area contributed by atoms with E-state index in [0.29, 0.717) is 22.8 Å². The van der Waals surface area contributed by atoms with Gasteiger partial charge in [0.2, 0.25) is 10.0 Å². The molecule has 0 unspecified atom stereocenters. The van der Waals surface area contributed by atoms with E-state index in [4.69, 9.17) is 0 Å². The maximum atomic E-state index is 13.1. The van der Waals surface area contributed by atoms with E-state index in [2.05, 4.69) is 16.9 Å². The topological polar surface area (TPSA) is 58.4 Å². The largest absolute Gasteiger partial charge is 0.302 e. The van der Waals surface area contributed by atoms with Crippen LogP contribution in [0.1, 0.15) is 31.7 Å². The van der Waals surface area contributed by atoms with Crippen molar-refractivity contribution < 1.29 is 8.42 Å². The van der Waals surface area contributed by atoms with E-state index in [-0.39, 0.29) is 6.04 Å². The number of sulfonamides is 1. The molecule has 2 heterocycles. The lowest BCUT2D eigenvalue weighted by molar-refractivity contribution is 0.261. The van der Waals surface area contributed by atoms with Gasteiger partial charge in [0, 0.05) is 26.2 Å². The molecule has 0 aromatic carbocycles. The monoisotopic (exact) mass is 314 g/mol. The fourth-order valence-electron chi connectivity index (χ4n) is 3.12. The van der Waals surface area contributed by atoms with Gasteiger partial charge in [0.15, 0.2) is 0 Å². The van der Waals surface area contributed by atoms with Crippen molar-refractivity contribution in [1.82, 2.24) is 19.0 Å². The minimum atomic E-state index is -3.48. The second-order valence-corrected chi connectivity index (χ2v) is 7.66. The van der Waals surface area contributed by atoms with Gasteiger partial charge in [-0.25, -0.2) is 8.42 Å². The molecule has 0 spiro atoms. The van der Waals surface area contributed by atoms with Crippen LogP contribution in [-0.2, 0) is 17.1 Å². The Hall–Kier alpha value is -0.920. The lowest BCUT2D eigenvalue weighted by Crippen LogP contribution is -2.42. The Labute approximate surface area is 127 Å². The first-order chi connectivity index (χ1) is 9.78. The molecule has 0 radical (unpaired) electrons. The maximum Gasteiger partial charge on any atom is 0.247 e. The molecule has 0 amide bonds. The first-order valence-electron chi connectivity index (χ1n) is 7.53. The molecule has 0 N–H and O–H groups in total. The van der Waals surface area contributed by atoms with Gasteiger partial charge < -0.3 is 4.90 Å². The molecule has 21 heavy (non-hydrogen) atoms. The van der Waals surface area contributed by atoms with Crippen LogP contribution in [0.3, 0.4) is 0 Å². The van der Waals surface area contributed by atoms with Crippen molar-refractivity contribution >= 4 is 10.0 Å². The van der Waals surface area contributed by atoms with Crippen LogP contribution in [-0.4, -0.2) is 59.6 Å². The van der Waals surface area contributed by atoms with Gasteiger partial charge in [-0.05, 0) is 40.3 Å². The zero-order valence-electron chi connectivity index (χ0n) is 13.6. The highest BCUT2D eigenvalue weighted by molar-refractivity contribution is 7.89. The van der Waals surface area contributed by atoms with Crippen LogP contribution in [0.25, 0.3) is 0 Å². The zero-order chi connectivity index (χ0) is 15.8. The molecule has 7 heteroatoms. The van der Waals surface area contributed by atoms with Crippen LogP contribution in [0.4, 0.5) is 0 Å². The number of likely N-dealkylation sites (N-methyl/N-ethyl adjacent to an activating group) is 1. The molecule has 1 saturated heterocycles. The Morgan fingerprint density at radius 2 is 1.95 bits per heavy atom. The van der Waals surface area contributed by atoms with Crippen molar-refractivity contribution in [3.8, 4) is 0 Å². The molecule has 1 aliphatic rings. The average molecular weight is 314 g/mol. The van der Waals surface area contributed by atoms with Gasteiger partial charge in [-0.15, -0.1) is 0 Å². The summed E-state index contributed by atoms with van der Waals surface area (Å²) in [6.45, 7) is 11.0. The first kappa shape index (κ1) is 16.5. The Kier molecular flexibility index (Phi) is 4.75. The zero-order valence-corrected chi connectivity index (χ0v) is 14.4. The standard InChI is InChI=1S/C14H26N4O2S/c1-6-17-8-7-9-18(11(2)10-17)21(19,20)14-12(3)15-16(5)13(14)4/h11H,6-10H2,1-5H3/t11-/m0/s1. The maximum absolute atomic E-state index is 13.1. The summed E-state index contributed by atoms with van der Waals surface area (Å²) in [6.07, 6.45) is 0.871. The highest BCUT2D eigenvalue weighted by Gasteiger charge is 2.35. The van der Waals surface area contributed by atoms with E-state index in [0.717, 1.165) is 26.1 Å². The molecule has 1 aliphatic heterocycles. The molecule has 120 valence electrons. The van der Waals surface area contributed by atoms with E-state index in [1.165, 1.54) is 0 Å². The summed E-state index contributed by atoms with van der Waals surface area (Å²) in [5.74, 6) is 0. The SMILES string of the molecule is CCN1CCCN(S(=O)(=O)c2c(C)nn(C)c2C)[C@@H](C)C1. The Morgan fingerprint density at radius 1 is 1.29 bits per heavy atom. The van der Waals surface area contributed by atoms with Crippen LogP contribution < -0.4 is 0 Å². The summed E-state index contributed by atoms with van der Waals surface area (Å²) in [5.41, 5.74) is 1.29. The molecule has 6 nitrogen and oxygen atoms in total. The quantitative estimate of drug-likeness (QED) is 0.839. The van der Waals surface area contributed by atoms with Crippen LogP contribution in [0, 0.1) is 13.8 Å². The first-order valence-corrected chi connectivity index (χ1v) is 8.97. The molecule has 0 aliphatic carbocycles. The average Bonchev–Trinajstić information content (AvgIpc) is 2.58. The van der Waals surface area contributed by atoms with E-state index in [1.807, 2.05) is 13.8 Å². The molecule has 1 fully saturated rings. The van der Waals surface area contributed by atoms with Crippen LogP contribution in [0.2, 0.25) is 0 Å². The minimum Gasteiger partial charge on any atom is -0.302 e. The summed E-state index contributed by atoms with van der Waals surface area (Å²) in [5, 5.41) is 4.25. The molecular formula is C14H26N4O2S. The van der Waals surface area contributed by atoms with Gasteiger partial charge >= 0.3 is 0 Å². The lowest BCUT2D eigenvalue weighted by atomic mass is 10.3. The Morgan fingerprint density at radius 3 is 2.48 bits per heavy atom. The van der Waals surface area contributed by atoms with Gasteiger partial charge in [0.25, 0.3) is 0 Å². The summed E-state index contributed by atoms with van der Waals surface area (Å²) in [6, 6.07) is -0.0172. The normalized spacial score (nSPS) is 22.4. The number of aryl methyl sites for hydroxylation is 2. The predicted molar refractivity (Wildman–Crippen MR) is 82.8 cm³/mol. The highest BCUT2D eigenvalue weighted by atomic mass is 32.2. The highest BCUT2D eigenvalue weighted by Crippen LogP contribution is 2.26. The van der Waals surface area contributed by atoms with Crippen molar-refractivity contribution in [2.24, 2.45) is 7.05 Å². The van der Waals surface area contributed by atoms with E-state index < -0.39 is 10.0 Å². The third-order valence-corrected chi connectivity index (χ3v) is 6.59. The fourth-order valence-corrected chi connectivity index (χ4v) is 5.18. The summed E-state index contributed by atoms with van der Waals surface area (Å²) in [4.78, 5) is 2.69. The minimum absolute atomic E-state index is 0.0172. The molecule has 0 bridgehead atoms. The van der Waals surface area contributed by atoms with Crippen molar-refractivity contribution in [3.05, 3.63) is 11.4 Å². The molecule has 1 aromatic rings. The third kappa shape index (κ3) is 3.00. The molecule has 1 aromatic heterocycles. The van der Waals surface area contributed by atoms with Gasteiger partial charge in [0.1, 0.15) is 4.90 Å². The van der Waals surface area contributed by atoms with E-state index in [9.17, 15) is 8.42 Å². The second-order valence-electron chi connectivity index (χ2n) is 5.84. The molecule has 1 atom stereocenters. The van der Waals surface area contributed by atoms with Gasteiger partial charge in [-0.3, -0.25) is 4.68 Å². The second kappa shape index (κ2) is 6.06. The molecule has 0 saturated carbocycles. The smallest absolute Gasteiger partial charge is 0.247 e. The number of hydrogen-bond donors (Lipinski definition) is 0. The molecular weight excluding hydrogens is 288 g/mol. The van der Waals surface area contributed by atoms with Gasteiger partial charge in [-0.1, -0.05) is 6.92 Å². The van der Waals surface area contributed by atoms with Gasteiger partial charge in [-0.2, -0.15) is 9.40 Å². The number of hydrogen-bond acceptors (Lipinski definition) is 4. The summed E-state index contributed by atoms with van der Waals surface area (Å²) < 4.78 is 29.4. The van der Waals surface area contributed by atoms with Crippen molar-refractivity contribution in [1.29, 1.82) is 0 Å². The number of aromatic nitrogens is 2. The van der Waals surface area contributed by atoms with Crippen LogP contribution >= 0.6 is 0 Å². The van der Waals surface area contributed by atoms with Crippen LogP contribution in [0.15, 0.2) is 4.90 Å². The molecule has 2 rings (SSSR count). The van der Waals surface area contributed by atoms with E-state index >= 15 is 0 Å². The summed E-state index contributed by atoms with van der Waals surface area (Å²) in [7, 11) is -1.70.